The van der Waals surface area contributed by atoms with Gasteiger partial charge in [-0.15, -0.1) is 0 Å². The number of H-pyrrole nitrogens is 1. The summed E-state index contributed by atoms with van der Waals surface area (Å²) in [6, 6.07) is 17.4. The third-order valence-corrected chi connectivity index (χ3v) is 2.86. The maximum Gasteiger partial charge on any atom is 0.215 e. The Labute approximate surface area is 116 Å². The largest absolute Gasteiger partial charge is 0.457 e. The molecule has 0 fully saturated rings. The zero-order chi connectivity index (χ0) is 13.8. The van der Waals surface area contributed by atoms with Crippen LogP contribution < -0.4 is 16.0 Å². The van der Waals surface area contributed by atoms with Gasteiger partial charge in [-0.3, -0.25) is 5.43 Å². The number of ether oxygens (including phenoxy) is 1. The highest BCUT2D eigenvalue weighted by Gasteiger charge is 2.03. The topological polar surface area (TPSA) is 76.0 Å². The Bertz CT molecular complexity index is 677. The Morgan fingerprint density at radius 3 is 2.30 bits per heavy atom. The average Bonchev–Trinajstić information content (AvgIpc) is 2.98. The Morgan fingerprint density at radius 1 is 0.950 bits per heavy atom. The monoisotopic (exact) mass is 266 g/mol. The van der Waals surface area contributed by atoms with Crippen molar-refractivity contribution in [3.8, 4) is 22.8 Å². The summed E-state index contributed by atoms with van der Waals surface area (Å²) >= 11 is 0. The van der Waals surface area contributed by atoms with Crippen LogP contribution in [-0.2, 0) is 0 Å². The summed E-state index contributed by atoms with van der Waals surface area (Å²) in [4.78, 5) is 7.14. The highest BCUT2D eigenvalue weighted by atomic mass is 16.5. The fourth-order valence-corrected chi connectivity index (χ4v) is 1.87. The van der Waals surface area contributed by atoms with E-state index in [0.29, 0.717) is 5.95 Å². The summed E-state index contributed by atoms with van der Waals surface area (Å²) in [7, 11) is 0. The van der Waals surface area contributed by atoms with Gasteiger partial charge in [0.2, 0.25) is 5.95 Å². The minimum Gasteiger partial charge on any atom is -0.457 e. The van der Waals surface area contributed by atoms with Crippen molar-refractivity contribution in [2.75, 3.05) is 5.43 Å². The summed E-state index contributed by atoms with van der Waals surface area (Å²) in [5.74, 6) is 7.42. The maximum atomic E-state index is 5.74. The van der Waals surface area contributed by atoms with Crippen molar-refractivity contribution in [2.45, 2.75) is 0 Å². The molecule has 2 aromatic carbocycles. The molecule has 0 aliphatic heterocycles. The van der Waals surface area contributed by atoms with Crippen LogP contribution in [0.1, 0.15) is 0 Å². The van der Waals surface area contributed by atoms with Crippen molar-refractivity contribution >= 4 is 5.95 Å². The highest BCUT2D eigenvalue weighted by Crippen LogP contribution is 2.25. The lowest BCUT2D eigenvalue weighted by Gasteiger charge is -2.06. The van der Waals surface area contributed by atoms with E-state index in [2.05, 4.69) is 15.4 Å². The second-order valence-electron chi connectivity index (χ2n) is 4.23. The Hall–Kier alpha value is -2.79. The van der Waals surface area contributed by atoms with Crippen LogP contribution in [0.4, 0.5) is 5.95 Å². The smallest absolute Gasteiger partial charge is 0.215 e. The molecule has 0 atom stereocenters. The van der Waals surface area contributed by atoms with Gasteiger partial charge in [-0.1, -0.05) is 18.2 Å². The lowest BCUT2D eigenvalue weighted by Crippen LogP contribution is -2.07. The number of nitrogens with zero attached hydrogens (tertiary/aromatic N) is 1. The molecule has 0 aliphatic rings. The molecule has 0 saturated carbocycles. The summed E-state index contributed by atoms with van der Waals surface area (Å²) in [6.45, 7) is 0. The molecule has 0 saturated heterocycles. The quantitative estimate of drug-likeness (QED) is 0.501. The van der Waals surface area contributed by atoms with E-state index in [0.717, 1.165) is 22.8 Å². The molecule has 100 valence electrons. The van der Waals surface area contributed by atoms with Crippen LogP contribution in [0.15, 0.2) is 60.8 Å². The fourth-order valence-electron chi connectivity index (χ4n) is 1.87. The number of hydrazine groups is 1. The van der Waals surface area contributed by atoms with Crippen LogP contribution >= 0.6 is 0 Å². The van der Waals surface area contributed by atoms with E-state index in [1.807, 2.05) is 54.6 Å². The summed E-state index contributed by atoms with van der Waals surface area (Å²) < 4.78 is 5.74. The second-order valence-corrected chi connectivity index (χ2v) is 4.23. The van der Waals surface area contributed by atoms with Gasteiger partial charge in [0.25, 0.3) is 0 Å². The molecule has 3 aromatic rings. The van der Waals surface area contributed by atoms with Crippen LogP contribution in [0.25, 0.3) is 11.3 Å². The second kappa shape index (κ2) is 5.46. The van der Waals surface area contributed by atoms with E-state index in [-0.39, 0.29) is 0 Å². The van der Waals surface area contributed by atoms with Crippen LogP contribution in [0.3, 0.4) is 0 Å². The number of imidazole rings is 1. The predicted molar refractivity (Wildman–Crippen MR) is 78.3 cm³/mol. The number of nitrogens with one attached hydrogen (secondary N) is 2. The number of hydrogen-bond donors (Lipinski definition) is 3. The van der Waals surface area contributed by atoms with Gasteiger partial charge in [-0.25, -0.2) is 10.8 Å². The van der Waals surface area contributed by atoms with E-state index in [1.165, 1.54) is 0 Å². The van der Waals surface area contributed by atoms with E-state index >= 15 is 0 Å². The molecule has 0 aliphatic carbocycles. The third kappa shape index (κ3) is 2.62. The first kappa shape index (κ1) is 12.3. The maximum absolute atomic E-state index is 5.74. The molecule has 0 amide bonds. The summed E-state index contributed by atoms with van der Waals surface area (Å²) in [6.07, 6.45) is 1.72. The molecule has 1 aromatic heterocycles. The lowest BCUT2D eigenvalue weighted by molar-refractivity contribution is 0.483. The molecule has 0 radical (unpaired) electrons. The van der Waals surface area contributed by atoms with E-state index in [1.54, 1.807) is 6.20 Å². The zero-order valence-electron chi connectivity index (χ0n) is 10.7. The number of anilines is 1. The first-order valence-corrected chi connectivity index (χ1v) is 6.20. The molecule has 5 heteroatoms. The number of hydrogen-bond acceptors (Lipinski definition) is 4. The standard InChI is InChI=1S/C15H14N4O/c16-19-15-17-10-14(18-15)11-6-8-13(9-7-11)20-12-4-2-1-3-5-12/h1-10H,16H2,(H2,17,18,19). The molecule has 0 spiro atoms. The minimum absolute atomic E-state index is 0.532. The first-order chi connectivity index (χ1) is 9.85. The van der Waals surface area contributed by atoms with Gasteiger partial charge in [0.1, 0.15) is 11.5 Å². The fraction of sp³-hybridized carbons (Fsp3) is 0. The normalized spacial score (nSPS) is 10.2. The zero-order valence-corrected chi connectivity index (χ0v) is 10.7. The predicted octanol–water partition coefficient (Wildman–Crippen LogP) is 3.15. The molecular weight excluding hydrogens is 252 g/mol. The average molecular weight is 266 g/mol. The highest BCUT2D eigenvalue weighted by molar-refractivity contribution is 5.61. The number of nitrogens with two attached hydrogens (primary N) is 1. The number of aromatic nitrogens is 2. The van der Waals surface area contributed by atoms with Crippen molar-refractivity contribution in [3.63, 3.8) is 0 Å². The molecule has 5 nitrogen and oxygen atoms in total. The molecule has 20 heavy (non-hydrogen) atoms. The van der Waals surface area contributed by atoms with Crippen molar-refractivity contribution in [2.24, 2.45) is 5.84 Å². The van der Waals surface area contributed by atoms with Crippen LogP contribution in [0.5, 0.6) is 11.5 Å². The van der Waals surface area contributed by atoms with Crippen LogP contribution in [-0.4, -0.2) is 9.97 Å². The van der Waals surface area contributed by atoms with Crippen LogP contribution in [0, 0.1) is 0 Å². The van der Waals surface area contributed by atoms with Crippen molar-refractivity contribution < 1.29 is 4.74 Å². The van der Waals surface area contributed by atoms with Gasteiger partial charge in [-0.2, -0.15) is 0 Å². The number of rotatable bonds is 4. The number of nitrogen functional groups attached to an aromatic ring is 1. The summed E-state index contributed by atoms with van der Waals surface area (Å²) in [5, 5.41) is 0. The Morgan fingerprint density at radius 2 is 1.65 bits per heavy atom. The Balaban J connectivity index is 1.77. The molecule has 0 bridgehead atoms. The third-order valence-electron chi connectivity index (χ3n) is 2.86. The van der Waals surface area contributed by atoms with Crippen LogP contribution in [0.2, 0.25) is 0 Å². The lowest BCUT2D eigenvalue weighted by atomic mass is 10.2. The van der Waals surface area contributed by atoms with Gasteiger partial charge >= 0.3 is 0 Å². The molecule has 1 heterocycles. The van der Waals surface area contributed by atoms with E-state index in [4.69, 9.17) is 10.6 Å². The van der Waals surface area contributed by atoms with Gasteiger partial charge in [0.05, 0.1) is 11.9 Å². The van der Waals surface area contributed by atoms with Gasteiger partial charge in [-0.05, 0) is 42.0 Å². The molecule has 4 N–H and O–H groups in total. The minimum atomic E-state index is 0.532. The van der Waals surface area contributed by atoms with Gasteiger partial charge in [0, 0.05) is 0 Å². The Kier molecular flexibility index (Phi) is 3.34. The van der Waals surface area contributed by atoms with E-state index < -0.39 is 0 Å². The molecule has 3 rings (SSSR count). The van der Waals surface area contributed by atoms with Crippen molar-refractivity contribution in [1.29, 1.82) is 0 Å². The van der Waals surface area contributed by atoms with Gasteiger partial charge < -0.3 is 9.72 Å². The molecular formula is C15H14N4O. The van der Waals surface area contributed by atoms with Crippen molar-refractivity contribution in [1.82, 2.24) is 9.97 Å². The number of benzene rings is 2. The first-order valence-electron chi connectivity index (χ1n) is 6.20. The van der Waals surface area contributed by atoms with E-state index in [9.17, 15) is 0 Å². The molecule has 0 unspecified atom stereocenters. The summed E-state index contributed by atoms with van der Waals surface area (Å²) in [5.41, 5.74) is 4.38. The number of aromatic amines is 1. The van der Waals surface area contributed by atoms with Gasteiger partial charge in [0.15, 0.2) is 0 Å². The number of para-hydroxylation sites is 1. The SMILES string of the molecule is NNc1ncc(-c2ccc(Oc3ccccc3)cc2)[nH]1. The van der Waals surface area contributed by atoms with Crippen molar-refractivity contribution in [3.05, 3.63) is 60.8 Å².